The van der Waals surface area contributed by atoms with Crippen LogP contribution in [0, 0.1) is 5.82 Å². The first-order chi connectivity index (χ1) is 19.3. The van der Waals surface area contributed by atoms with E-state index in [1.165, 1.54) is 22.6 Å². The maximum Gasteiger partial charge on any atom is 0.245 e. The number of aromatic nitrogens is 4. The molecule has 3 heterocycles. The predicted molar refractivity (Wildman–Crippen MR) is 145 cm³/mol. The van der Waals surface area contributed by atoms with Gasteiger partial charge in [0.05, 0.1) is 35.5 Å². The molecule has 10 heteroatoms. The number of benzene rings is 3. The van der Waals surface area contributed by atoms with Crippen LogP contribution in [0.4, 0.5) is 8.78 Å². The lowest BCUT2D eigenvalue weighted by Crippen LogP contribution is -2.43. The minimum absolute atomic E-state index is 0.152. The second-order valence-electron chi connectivity index (χ2n) is 10.0. The van der Waals surface area contributed by atoms with Crippen LogP contribution in [0.5, 0.6) is 0 Å². The standard InChI is InChI=1S/C30H25F2N5O3/c1-17(38)30-22-6-2-3-8-25(22)37(35-30)15-28(40)36-14-20(31)13-26(36)27(39)12-19-5-4-7-21(29(19)32)18-9-10-23-24(11-18)34-16-33-23/h2-11,16,20,26H,12-15H2,1H3,(H,33,34)/t20-,26+/m1/s1. The van der Waals surface area contributed by atoms with Crippen molar-refractivity contribution in [3.63, 3.8) is 0 Å². The first-order valence-corrected chi connectivity index (χ1v) is 12.9. The number of likely N-dealkylation sites (tertiary alicyclic amines) is 1. The van der Waals surface area contributed by atoms with Crippen LogP contribution < -0.4 is 0 Å². The van der Waals surface area contributed by atoms with Crippen molar-refractivity contribution in [2.45, 2.75) is 38.5 Å². The number of hydrogen-bond acceptors (Lipinski definition) is 5. The average Bonchev–Trinajstić information content (AvgIpc) is 3.66. The zero-order valence-electron chi connectivity index (χ0n) is 21.6. The van der Waals surface area contributed by atoms with Crippen LogP contribution in [0.2, 0.25) is 0 Å². The normalized spacial score (nSPS) is 17.1. The third-order valence-electron chi connectivity index (χ3n) is 7.39. The SMILES string of the molecule is CC(=O)c1nn(CC(=O)N2C[C@H](F)C[C@H]2C(=O)Cc2cccc(-c3ccc4nc[nH]c4c3)c2F)c2ccccc12. The number of halogens is 2. The Labute approximate surface area is 227 Å². The van der Waals surface area contributed by atoms with Crippen molar-refractivity contribution >= 4 is 39.4 Å². The number of nitrogens with zero attached hydrogens (tertiary/aromatic N) is 4. The van der Waals surface area contributed by atoms with Crippen LogP contribution in [0.25, 0.3) is 33.1 Å². The van der Waals surface area contributed by atoms with Crippen molar-refractivity contribution in [3.8, 4) is 11.1 Å². The van der Waals surface area contributed by atoms with E-state index in [4.69, 9.17) is 0 Å². The first kappa shape index (κ1) is 25.5. The summed E-state index contributed by atoms with van der Waals surface area (Å²) in [4.78, 5) is 47.1. The number of ketones is 2. The van der Waals surface area contributed by atoms with Crippen LogP contribution in [0.3, 0.4) is 0 Å². The van der Waals surface area contributed by atoms with E-state index in [-0.39, 0.29) is 43.0 Å². The molecule has 0 aliphatic carbocycles. The molecule has 1 amide bonds. The van der Waals surface area contributed by atoms with Gasteiger partial charge in [0.2, 0.25) is 5.91 Å². The summed E-state index contributed by atoms with van der Waals surface area (Å²) in [6.45, 7) is 0.901. The van der Waals surface area contributed by atoms with Gasteiger partial charge in [0.15, 0.2) is 11.6 Å². The lowest BCUT2D eigenvalue weighted by Gasteiger charge is -2.23. The van der Waals surface area contributed by atoms with Crippen LogP contribution in [-0.4, -0.2) is 60.9 Å². The van der Waals surface area contributed by atoms with Crippen LogP contribution in [0.1, 0.15) is 29.4 Å². The van der Waals surface area contributed by atoms with E-state index in [1.807, 2.05) is 0 Å². The molecule has 1 N–H and O–H groups in total. The third kappa shape index (κ3) is 4.55. The van der Waals surface area contributed by atoms with Gasteiger partial charge in [-0.2, -0.15) is 5.10 Å². The molecule has 2 aromatic heterocycles. The van der Waals surface area contributed by atoms with Gasteiger partial charge in [-0.1, -0.05) is 42.5 Å². The van der Waals surface area contributed by atoms with Crippen molar-refractivity contribution in [1.29, 1.82) is 0 Å². The van der Waals surface area contributed by atoms with Gasteiger partial charge in [-0.05, 0) is 29.3 Å². The van der Waals surface area contributed by atoms with Crippen LogP contribution >= 0.6 is 0 Å². The molecule has 1 saturated heterocycles. The summed E-state index contributed by atoms with van der Waals surface area (Å²) in [5.74, 6) is -1.72. The van der Waals surface area contributed by atoms with Gasteiger partial charge in [0.25, 0.3) is 0 Å². The summed E-state index contributed by atoms with van der Waals surface area (Å²) in [7, 11) is 0. The highest BCUT2D eigenvalue weighted by molar-refractivity contribution is 6.05. The zero-order chi connectivity index (χ0) is 28.0. The van der Waals surface area contributed by atoms with Crippen molar-refractivity contribution in [2.75, 3.05) is 6.54 Å². The van der Waals surface area contributed by atoms with Gasteiger partial charge in [-0.25, -0.2) is 13.8 Å². The fraction of sp³-hybridized carbons (Fsp3) is 0.233. The van der Waals surface area contributed by atoms with E-state index >= 15 is 4.39 Å². The number of nitrogens with one attached hydrogen (secondary N) is 1. The largest absolute Gasteiger partial charge is 0.345 e. The van der Waals surface area contributed by atoms with Gasteiger partial charge in [-0.15, -0.1) is 0 Å². The minimum atomic E-state index is -1.38. The Balaban J connectivity index is 1.23. The fourth-order valence-electron chi connectivity index (χ4n) is 5.44. The number of alkyl halides is 1. The second-order valence-corrected chi connectivity index (χ2v) is 10.0. The Morgan fingerprint density at radius 1 is 1.07 bits per heavy atom. The number of imidazole rings is 1. The zero-order valence-corrected chi connectivity index (χ0v) is 21.6. The Bertz CT molecular complexity index is 1790. The Morgan fingerprint density at radius 2 is 1.90 bits per heavy atom. The molecule has 0 bridgehead atoms. The number of Topliss-reactive ketones (excluding diaryl/α,β-unsaturated/α-hetero) is 2. The predicted octanol–water partition coefficient (Wildman–Crippen LogP) is 4.67. The van der Waals surface area contributed by atoms with E-state index in [2.05, 4.69) is 15.1 Å². The number of aromatic amines is 1. The Morgan fingerprint density at radius 3 is 2.73 bits per heavy atom. The highest BCUT2D eigenvalue weighted by atomic mass is 19.1. The Kier molecular flexibility index (Phi) is 6.45. The van der Waals surface area contributed by atoms with Crippen molar-refractivity contribution in [2.24, 2.45) is 0 Å². The molecule has 202 valence electrons. The second kappa shape index (κ2) is 10.1. The molecule has 0 radical (unpaired) electrons. The maximum atomic E-state index is 15.6. The first-order valence-electron chi connectivity index (χ1n) is 12.9. The molecule has 6 rings (SSSR count). The number of para-hydroxylation sites is 1. The number of hydrogen-bond donors (Lipinski definition) is 1. The van der Waals surface area contributed by atoms with Gasteiger partial charge in [0.1, 0.15) is 24.2 Å². The molecule has 1 aliphatic rings. The number of rotatable bonds is 7. The molecule has 0 unspecified atom stereocenters. The summed E-state index contributed by atoms with van der Waals surface area (Å²) in [5, 5.41) is 4.92. The molecule has 8 nitrogen and oxygen atoms in total. The van der Waals surface area contributed by atoms with E-state index in [0.29, 0.717) is 22.0 Å². The van der Waals surface area contributed by atoms with Gasteiger partial charge < -0.3 is 9.88 Å². The van der Waals surface area contributed by atoms with E-state index in [0.717, 1.165) is 11.0 Å². The minimum Gasteiger partial charge on any atom is -0.345 e. The summed E-state index contributed by atoms with van der Waals surface area (Å²) in [6, 6.07) is 16.2. The molecular weight excluding hydrogens is 516 g/mol. The van der Waals surface area contributed by atoms with E-state index < -0.39 is 29.7 Å². The summed E-state index contributed by atoms with van der Waals surface area (Å²) >= 11 is 0. The smallest absolute Gasteiger partial charge is 0.245 e. The molecule has 1 aliphatic heterocycles. The fourth-order valence-corrected chi connectivity index (χ4v) is 5.44. The molecule has 40 heavy (non-hydrogen) atoms. The van der Waals surface area contributed by atoms with Crippen molar-refractivity contribution < 1.29 is 23.2 Å². The molecule has 1 fully saturated rings. The van der Waals surface area contributed by atoms with E-state index in [9.17, 15) is 18.8 Å². The lowest BCUT2D eigenvalue weighted by atomic mass is 9.96. The molecule has 3 aromatic carbocycles. The number of fused-ring (bicyclic) bond motifs is 2. The van der Waals surface area contributed by atoms with Crippen molar-refractivity contribution in [1.82, 2.24) is 24.6 Å². The third-order valence-corrected chi connectivity index (χ3v) is 7.39. The maximum absolute atomic E-state index is 15.6. The highest BCUT2D eigenvalue weighted by Gasteiger charge is 2.40. The number of carbonyl (C=O) groups is 3. The molecule has 0 saturated carbocycles. The number of H-pyrrole nitrogens is 1. The molecule has 2 atom stereocenters. The van der Waals surface area contributed by atoms with Crippen LogP contribution in [-0.2, 0) is 22.6 Å². The van der Waals surface area contributed by atoms with E-state index in [1.54, 1.807) is 60.9 Å². The van der Waals surface area contributed by atoms with Gasteiger partial charge in [-0.3, -0.25) is 19.1 Å². The quantitative estimate of drug-likeness (QED) is 0.302. The Hall–Kier alpha value is -4.73. The van der Waals surface area contributed by atoms with Gasteiger partial charge >= 0.3 is 0 Å². The van der Waals surface area contributed by atoms with Gasteiger partial charge in [0, 0.05) is 30.7 Å². The number of carbonyl (C=O) groups excluding carboxylic acids is 3. The average molecular weight is 542 g/mol. The summed E-state index contributed by atoms with van der Waals surface area (Å²) in [6.07, 6.45) is -0.255. The molecule has 5 aromatic rings. The molecular formula is C30H25F2N5O3. The summed E-state index contributed by atoms with van der Waals surface area (Å²) < 4.78 is 31.6. The van der Waals surface area contributed by atoms with Crippen LogP contribution in [0.15, 0.2) is 67.0 Å². The lowest BCUT2D eigenvalue weighted by molar-refractivity contribution is -0.138. The molecule has 0 spiro atoms. The summed E-state index contributed by atoms with van der Waals surface area (Å²) in [5.41, 5.74) is 3.47. The number of amides is 1. The topological polar surface area (TPSA) is 101 Å². The highest BCUT2D eigenvalue weighted by Crippen LogP contribution is 2.29. The monoisotopic (exact) mass is 541 g/mol. The van der Waals surface area contributed by atoms with Crippen molar-refractivity contribution in [3.05, 3.63) is 84.1 Å².